The summed E-state index contributed by atoms with van der Waals surface area (Å²) in [5.41, 5.74) is 2.41. The summed E-state index contributed by atoms with van der Waals surface area (Å²) < 4.78 is 0. The van der Waals surface area contributed by atoms with Gasteiger partial charge in [0.15, 0.2) is 0 Å². The average molecular weight is 297 g/mol. The molecule has 0 saturated carbocycles. The van der Waals surface area contributed by atoms with Gasteiger partial charge in [0.2, 0.25) is 5.95 Å². The normalized spacial score (nSPS) is 17.7. The average Bonchev–Trinajstić information content (AvgIpc) is 2.96. The number of aromatic nitrogens is 2. The Balaban J connectivity index is 1.66. The Hall–Kier alpha value is -2.43. The molecule has 1 aromatic carbocycles. The van der Waals surface area contributed by atoms with Gasteiger partial charge in [-0.1, -0.05) is 12.1 Å². The van der Waals surface area contributed by atoms with Crippen molar-refractivity contribution in [3.63, 3.8) is 0 Å². The topological polar surface area (TPSA) is 66.3 Å². The lowest BCUT2D eigenvalue weighted by Crippen LogP contribution is -2.22. The quantitative estimate of drug-likeness (QED) is 0.939. The summed E-state index contributed by atoms with van der Waals surface area (Å²) >= 11 is 0. The van der Waals surface area contributed by atoms with Crippen LogP contribution in [0, 0.1) is 12.8 Å². The monoisotopic (exact) mass is 297 g/mol. The van der Waals surface area contributed by atoms with Gasteiger partial charge in [-0.25, -0.2) is 14.8 Å². The Labute approximate surface area is 129 Å². The zero-order chi connectivity index (χ0) is 15.5. The van der Waals surface area contributed by atoms with E-state index in [0.717, 1.165) is 43.1 Å². The second-order valence-electron chi connectivity index (χ2n) is 5.81. The first-order valence-corrected chi connectivity index (χ1v) is 7.48. The van der Waals surface area contributed by atoms with Gasteiger partial charge in [0.05, 0.1) is 5.56 Å². The van der Waals surface area contributed by atoms with E-state index in [4.69, 9.17) is 5.11 Å². The number of carboxylic acid groups (broad SMARTS) is 1. The van der Waals surface area contributed by atoms with Crippen LogP contribution in [0.15, 0.2) is 36.5 Å². The molecule has 2 heterocycles. The molecule has 1 aliphatic heterocycles. The van der Waals surface area contributed by atoms with Gasteiger partial charge in [0.1, 0.15) is 0 Å². The van der Waals surface area contributed by atoms with E-state index in [0.29, 0.717) is 11.5 Å². The number of hydrogen-bond acceptors (Lipinski definition) is 4. The van der Waals surface area contributed by atoms with Crippen LogP contribution in [0.2, 0.25) is 0 Å². The minimum atomic E-state index is -0.872. The van der Waals surface area contributed by atoms with Crippen molar-refractivity contribution in [2.45, 2.75) is 19.8 Å². The van der Waals surface area contributed by atoms with Crippen molar-refractivity contribution in [3.8, 4) is 0 Å². The zero-order valence-corrected chi connectivity index (χ0v) is 12.6. The van der Waals surface area contributed by atoms with Crippen molar-refractivity contribution in [1.29, 1.82) is 0 Å². The molecule has 1 aromatic heterocycles. The molecule has 1 fully saturated rings. The summed E-state index contributed by atoms with van der Waals surface area (Å²) in [4.78, 5) is 22.1. The molecular formula is C17H19N3O2. The highest BCUT2D eigenvalue weighted by atomic mass is 16.4. The van der Waals surface area contributed by atoms with Crippen LogP contribution in [-0.2, 0) is 6.42 Å². The van der Waals surface area contributed by atoms with Crippen molar-refractivity contribution in [2.24, 2.45) is 5.92 Å². The van der Waals surface area contributed by atoms with E-state index in [9.17, 15) is 4.79 Å². The number of carbonyl (C=O) groups is 1. The summed E-state index contributed by atoms with van der Waals surface area (Å²) in [6.45, 7) is 3.84. The summed E-state index contributed by atoms with van der Waals surface area (Å²) in [6, 6.07) is 9.11. The molecule has 2 aromatic rings. The third kappa shape index (κ3) is 3.24. The lowest BCUT2D eigenvalue weighted by molar-refractivity contribution is 0.0696. The maximum absolute atomic E-state index is 11.0. The molecule has 1 aliphatic rings. The van der Waals surface area contributed by atoms with E-state index >= 15 is 0 Å². The van der Waals surface area contributed by atoms with Crippen LogP contribution in [0.3, 0.4) is 0 Å². The number of aromatic carboxylic acids is 1. The standard InChI is InChI=1S/C17H19N3O2/c1-12-5-7-18-17(19-12)20-8-6-14(11-20)9-13-3-2-4-15(10-13)16(21)22/h2-5,7,10,14H,6,8-9,11H2,1H3,(H,21,22). The fraction of sp³-hybridized carbons (Fsp3) is 0.353. The molecule has 5 nitrogen and oxygen atoms in total. The van der Waals surface area contributed by atoms with Gasteiger partial charge in [-0.3, -0.25) is 0 Å². The smallest absolute Gasteiger partial charge is 0.335 e. The molecule has 3 rings (SSSR count). The van der Waals surface area contributed by atoms with Gasteiger partial charge < -0.3 is 10.0 Å². The zero-order valence-electron chi connectivity index (χ0n) is 12.6. The van der Waals surface area contributed by atoms with E-state index in [-0.39, 0.29) is 0 Å². The number of aryl methyl sites for hydroxylation is 1. The fourth-order valence-corrected chi connectivity index (χ4v) is 2.93. The number of nitrogens with zero attached hydrogens (tertiary/aromatic N) is 3. The molecule has 1 N–H and O–H groups in total. The fourth-order valence-electron chi connectivity index (χ4n) is 2.93. The first-order valence-electron chi connectivity index (χ1n) is 7.48. The number of hydrogen-bond donors (Lipinski definition) is 1. The van der Waals surface area contributed by atoms with E-state index in [1.54, 1.807) is 18.3 Å². The lowest BCUT2D eigenvalue weighted by Gasteiger charge is -2.16. The molecule has 0 aliphatic carbocycles. The van der Waals surface area contributed by atoms with E-state index in [1.807, 2.05) is 25.1 Å². The third-order valence-electron chi connectivity index (χ3n) is 4.05. The SMILES string of the molecule is Cc1ccnc(N2CCC(Cc3cccc(C(=O)O)c3)C2)n1. The molecule has 5 heteroatoms. The van der Waals surface area contributed by atoms with Gasteiger partial charge in [-0.05, 0) is 49.4 Å². The minimum absolute atomic E-state index is 0.356. The van der Waals surface area contributed by atoms with E-state index < -0.39 is 5.97 Å². The Morgan fingerprint density at radius 1 is 1.41 bits per heavy atom. The number of rotatable bonds is 4. The summed E-state index contributed by atoms with van der Waals surface area (Å²) in [6.07, 6.45) is 3.76. The van der Waals surface area contributed by atoms with Crippen molar-refractivity contribution < 1.29 is 9.90 Å². The van der Waals surface area contributed by atoms with Crippen LogP contribution < -0.4 is 4.90 Å². The largest absolute Gasteiger partial charge is 0.478 e. The highest BCUT2D eigenvalue weighted by molar-refractivity contribution is 5.87. The van der Waals surface area contributed by atoms with Crippen molar-refractivity contribution in [2.75, 3.05) is 18.0 Å². The predicted molar refractivity (Wildman–Crippen MR) is 84.2 cm³/mol. The van der Waals surface area contributed by atoms with Crippen LogP contribution in [0.25, 0.3) is 0 Å². The maximum atomic E-state index is 11.0. The molecule has 0 bridgehead atoms. The molecular weight excluding hydrogens is 278 g/mol. The second kappa shape index (κ2) is 6.13. The Morgan fingerprint density at radius 2 is 2.27 bits per heavy atom. The molecule has 1 unspecified atom stereocenters. The van der Waals surface area contributed by atoms with Gasteiger partial charge in [0.25, 0.3) is 0 Å². The Kier molecular flexibility index (Phi) is 4.04. The van der Waals surface area contributed by atoms with Gasteiger partial charge >= 0.3 is 5.97 Å². The van der Waals surface area contributed by atoms with Gasteiger partial charge in [-0.2, -0.15) is 0 Å². The van der Waals surface area contributed by atoms with Crippen molar-refractivity contribution in [3.05, 3.63) is 53.3 Å². The van der Waals surface area contributed by atoms with Gasteiger partial charge in [-0.15, -0.1) is 0 Å². The Morgan fingerprint density at radius 3 is 3.05 bits per heavy atom. The van der Waals surface area contributed by atoms with Crippen LogP contribution in [0.5, 0.6) is 0 Å². The molecule has 0 amide bonds. The van der Waals surface area contributed by atoms with Crippen molar-refractivity contribution >= 4 is 11.9 Å². The summed E-state index contributed by atoms with van der Waals surface area (Å²) in [5.74, 6) is 0.429. The van der Waals surface area contributed by atoms with Crippen LogP contribution in [-0.4, -0.2) is 34.1 Å². The molecule has 1 saturated heterocycles. The number of benzene rings is 1. The minimum Gasteiger partial charge on any atom is -0.478 e. The first-order chi connectivity index (χ1) is 10.6. The molecule has 22 heavy (non-hydrogen) atoms. The van der Waals surface area contributed by atoms with Crippen LogP contribution in [0.4, 0.5) is 5.95 Å². The maximum Gasteiger partial charge on any atom is 0.335 e. The third-order valence-corrected chi connectivity index (χ3v) is 4.05. The molecule has 0 radical (unpaired) electrons. The van der Waals surface area contributed by atoms with Crippen molar-refractivity contribution in [1.82, 2.24) is 9.97 Å². The van der Waals surface area contributed by atoms with E-state index in [1.165, 1.54) is 0 Å². The van der Waals surface area contributed by atoms with Gasteiger partial charge in [0, 0.05) is 25.0 Å². The molecule has 0 spiro atoms. The Bertz CT molecular complexity index is 687. The first kappa shape index (κ1) is 14.5. The molecule has 114 valence electrons. The molecule has 1 atom stereocenters. The van der Waals surface area contributed by atoms with Crippen LogP contribution >= 0.6 is 0 Å². The summed E-state index contributed by atoms with van der Waals surface area (Å²) in [5, 5.41) is 9.06. The number of anilines is 1. The number of carboxylic acids is 1. The second-order valence-corrected chi connectivity index (χ2v) is 5.81. The van der Waals surface area contributed by atoms with Crippen LogP contribution in [0.1, 0.15) is 28.0 Å². The summed E-state index contributed by atoms with van der Waals surface area (Å²) in [7, 11) is 0. The van der Waals surface area contributed by atoms with E-state index in [2.05, 4.69) is 14.9 Å². The predicted octanol–water partition coefficient (Wildman–Crippen LogP) is 2.55. The lowest BCUT2D eigenvalue weighted by atomic mass is 9.97. The highest BCUT2D eigenvalue weighted by Gasteiger charge is 2.24. The highest BCUT2D eigenvalue weighted by Crippen LogP contribution is 2.24.